The van der Waals surface area contributed by atoms with Gasteiger partial charge in [0.1, 0.15) is 5.75 Å². The van der Waals surface area contributed by atoms with Gasteiger partial charge in [-0.1, -0.05) is 15.9 Å². The number of methoxy groups -OCH3 is 1. The van der Waals surface area contributed by atoms with E-state index in [2.05, 4.69) is 26.1 Å². The Morgan fingerprint density at radius 3 is 2.81 bits per heavy atom. The fourth-order valence-corrected chi connectivity index (χ4v) is 2.39. The lowest BCUT2D eigenvalue weighted by Gasteiger charge is -2.18. The van der Waals surface area contributed by atoms with Crippen LogP contribution in [0.3, 0.4) is 0 Å². The van der Waals surface area contributed by atoms with Gasteiger partial charge in [-0.25, -0.2) is 0 Å². The van der Waals surface area contributed by atoms with Gasteiger partial charge in [0, 0.05) is 23.6 Å². The van der Waals surface area contributed by atoms with Crippen LogP contribution < -0.4 is 10.5 Å². The van der Waals surface area contributed by atoms with Crippen LogP contribution in [-0.4, -0.2) is 35.2 Å². The SMILES string of the molecule is COc1ccc(Br)cc1CN(C)C(=O)c1n[nH]c(C)c1N. The van der Waals surface area contributed by atoms with E-state index in [4.69, 9.17) is 10.5 Å². The van der Waals surface area contributed by atoms with E-state index in [1.54, 1.807) is 26.0 Å². The molecule has 1 aromatic heterocycles. The Kier molecular flexibility index (Phi) is 4.52. The number of halogens is 1. The van der Waals surface area contributed by atoms with Gasteiger partial charge in [-0.3, -0.25) is 9.89 Å². The summed E-state index contributed by atoms with van der Waals surface area (Å²) in [5.74, 6) is 0.489. The first-order valence-corrected chi connectivity index (χ1v) is 7.11. The van der Waals surface area contributed by atoms with Gasteiger partial charge in [0.2, 0.25) is 0 Å². The first-order valence-electron chi connectivity index (χ1n) is 6.32. The molecular formula is C14H17BrN4O2. The van der Waals surface area contributed by atoms with E-state index in [0.717, 1.165) is 15.8 Å². The molecule has 0 fully saturated rings. The summed E-state index contributed by atoms with van der Waals surface area (Å²) in [5.41, 5.74) is 8.05. The van der Waals surface area contributed by atoms with E-state index in [0.29, 0.717) is 17.9 Å². The molecule has 0 aliphatic carbocycles. The number of nitrogen functional groups attached to an aromatic ring is 1. The Bertz CT molecular complexity index is 669. The quantitative estimate of drug-likeness (QED) is 0.884. The van der Waals surface area contributed by atoms with Crippen molar-refractivity contribution in [3.8, 4) is 5.75 Å². The van der Waals surface area contributed by atoms with Crippen LogP contribution in [0.1, 0.15) is 21.7 Å². The van der Waals surface area contributed by atoms with Crippen LogP contribution in [0.25, 0.3) is 0 Å². The number of aromatic nitrogens is 2. The minimum atomic E-state index is -0.237. The highest BCUT2D eigenvalue weighted by Gasteiger charge is 2.20. The lowest BCUT2D eigenvalue weighted by atomic mass is 10.2. The van der Waals surface area contributed by atoms with Crippen LogP contribution in [-0.2, 0) is 6.54 Å². The highest BCUT2D eigenvalue weighted by Crippen LogP contribution is 2.25. The van der Waals surface area contributed by atoms with Crippen molar-refractivity contribution in [2.75, 3.05) is 19.9 Å². The van der Waals surface area contributed by atoms with Crippen LogP contribution in [0.15, 0.2) is 22.7 Å². The van der Waals surface area contributed by atoms with Crippen LogP contribution in [0.2, 0.25) is 0 Å². The van der Waals surface area contributed by atoms with E-state index in [-0.39, 0.29) is 11.6 Å². The third kappa shape index (κ3) is 3.18. The molecule has 112 valence electrons. The smallest absolute Gasteiger partial charge is 0.276 e. The Morgan fingerprint density at radius 1 is 1.52 bits per heavy atom. The Hall–Kier alpha value is -2.02. The molecule has 0 atom stereocenters. The number of rotatable bonds is 4. The second-order valence-corrected chi connectivity index (χ2v) is 5.64. The number of hydrogen-bond acceptors (Lipinski definition) is 4. The number of nitrogens with two attached hydrogens (primary N) is 1. The molecule has 0 saturated heterocycles. The predicted octanol–water partition coefficient (Wildman–Crippen LogP) is 2.34. The molecule has 2 aromatic rings. The Balaban J connectivity index is 2.22. The third-order valence-electron chi connectivity index (χ3n) is 3.19. The fourth-order valence-electron chi connectivity index (χ4n) is 1.98. The number of amides is 1. The van der Waals surface area contributed by atoms with Crippen LogP contribution in [0.4, 0.5) is 5.69 Å². The third-order valence-corrected chi connectivity index (χ3v) is 3.69. The molecule has 0 saturated carbocycles. The van der Waals surface area contributed by atoms with Gasteiger partial charge in [0.15, 0.2) is 5.69 Å². The molecule has 7 heteroatoms. The van der Waals surface area contributed by atoms with Gasteiger partial charge in [-0.15, -0.1) is 0 Å². The maximum absolute atomic E-state index is 12.4. The van der Waals surface area contributed by atoms with Gasteiger partial charge in [-0.05, 0) is 25.1 Å². The number of carbonyl (C=O) groups excluding carboxylic acids is 1. The molecule has 0 aliphatic heterocycles. The molecule has 21 heavy (non-hydrogen) atoms. The summed E-state index contributed by atoms with van der Waals surface area (Å²) in [6.07, 6.45) is 0. The van der Waals surface area contributed by atoms with E-state index >= 15 is 0 Å². The molecule has 1 amide bonds. The highest BCUT2D eigenvalue weighted by molar-refractivity contribution is 9.10. The Morgan fingerprint density at radius 2 is 2.24 bits per heavy atom. The zero-order valence-corrected chi connectivity index (χ0v) is 13.7. The number of carbonyl (C=O) groups is 1. The topological polar surface area (TPSA) is 84.2 Å². The second-order valence-electron chi connectivity index (χ2n) is 4.73. The van der Waals surface area contributed by atoms with E-state index < -0.39 is 0 Å². The molecule has 2 rings (SSSR count). The zero-order valence-electron chi connectivity index (χ0n) is 12.1. The maximum Gasteiger partial charge on any atom is 0.276 e. The largest absolute Gasteiger partial charge is 0.496 e. The van der Waals surface area contributed by atoms with Crippen molar-refractivity contribution in [1.29, 1.82) is 0 Å². The number of nitrogens with one attached hydrogen (secondary N) is 1. The summed E-state index contributed by atoms with van der Waals surface area (Å²) in [6.45, 7) is 2.17. The summed E-state index contributed by atoms with van der Waals surface area (Å²) < 4.78 is 6.23. The van der Waals surface area contributed by atoms with Gasteiger partial charge in [-0.2, -0.15) is 5.10 Å². The maximum atomic E-state index is 12.4. The molecule has 0 bridgehead atoms. The number of benzene rings is 1. The standard InChI is InChI=1S/C14H17BrN4O2/c1-8-12(16)13(18-17-8)14(20)19(2)7-9-6-10(15)4-5-11(9)21-3/h4-6H,7,16H2,1-3H3,(H,17,18). The van der Waals surface area contributed by atoms with Crippen LogP contribution >= 0.6 is 15.9 Å². The van der Waals surface area contributed by atoms with Crippen LogP contribution in [0.5, 0.6) is 5.75 Å². The van der Waals surface area contributed by atoms with Crippen molar-refractivity contribution in [1.82, 2.24) is 15.1 Å². The van der Waals surface area contributed by atoms with E-state index in [1.165, 1.54) is 0 Å². The summed E-state index contributed by atoms with van der Waals surface area (Å²) in [5, 5.41) is 6.67. The molecular weight excluding hydrogens is 336 g/mol. The molecule has 0 aliphatic rings. The van der Waals surface area contributed by atoms with Crippen molar-refractivity contribution in [2.24, 2.45) is 0 Å². The van der Waals surface area contributed by atoms with Crippen molar-refractivity contribution in [2.45, 2.75) is 13.5 Å². The minimum Gasteiger partial charge on any atom is -0.496 e. The van der Waals surface area contributed by atoms with Gasteiger partial charge in [0.05, 0.1) is 18.5 Å². The predicted molar refractivity (Wildman–Crippen MR) is 84.2 cm³/mol. The molecule has 0 radical (unpaired) electrons. The molecule has 0 unspecified atom stereocenters. The molecule has 3 N–H and O–H groups in total. The second kappa shape index (κ2) is 6.17. The molecule has 1 heterocycles. The van der Waals surface area contributed by atoms with E-state index in [1.807, 2.05) is 18.2 Å². The number of anilines is 1. The number of H-pyrrole nitrogens is 1. The Labute approximate surface area is 131 Å². The number of ether oxygens (including phenoxy) is 1. The number of hydrogen-bond donors (Lipinski definition) is 2. The summed E-state index contributed by atoms with van der Waals surface area (Å²) >= 11 is 3.42. The zero-order chi connectivity index (χ0) is 15.6. The van der Waals surface area contributed by atoms with Gasteiger partial charge < -0.3 is 15.4 Å². The molecule has 0 spiro atoms. The number of aryl methyl sites for hydroxylation is 1. The summed E-state index contributed by atoms with van der Waals surface area (Å²) in [7, 11) is 3.30. The lowest BCUT2D eigenvalue weighted by molar-refractivity contribution is 0.0779. The van der Waals surface area contributed by atoms with Crippen molar-refractivity contribution in [3.05, 3.63) is 39.6 Å². The average molecular weight is 353 g/mol. The fraction of sp³-hybridized carbons (Fsp3) is 0.286. The van der Waals surface area contributed by atoms with Crippen LogP contribution in [0, 0.1) is 6.92 Å². The minimum absolute atomic E-state index is 0.237. The first-order chi connectivity index (χ1) is 9.93. The van der Waals surface area contributed by atoms with E-state index in [9.17, 15) is 4.79 Å². The molecule has 6 nitrogen and oxygen atoms in total. The lowest BCUT2D eigenvalue weighted by Crippen LogP contribution is -2.27. The average Bonchev–Trinajstić information content (AvgIpc) is 2.78. The number of nitrogens with zero attached hydrogens (tertiary/aromatic N) is 2. The van der Waals surface area contributed by atoms with Crippen molar-refractivity contribution < 1.29 is 9.53 Å². The normalized spacial score (nSPS) is 10.5. The van der Waals surface area contributed by atoms with Crippen molar-refractivity contribution >= 4 is 27.5 Å². The highest BCUT2D eigenvalue weighted by atomic mass is 79.9. The van der Waals surface area contributed by atoms with Gasteiger partial charge in [0.25, 0.3) is 5.91 Å². The van der Waals surface area contributed by atoms with Gasteiger partial charge >= 0.3 is 0 Å². The van der Waals surface area contributed by atoms with Crippen molar-refractivity contribution in [3.63, 3.8) is 0 Å². The monoisotopic (exact) mass is 352 g/mol. The number of aromatic amines is 1. The molecule has 1 aromatic carbocycles. The first kappa shape index (κ1) is 15.4. The summed E-state index contributed by atoms with van der Waals surface area (Å²) in [4.78, 5) is 13.9. The summed E-state index contributed by atoms with van der Waals surface area (Å²) in [6, 6.07) is 5.66.